The van der Waals surface area contributed by atoms with Crippen LogP contribution in [0.2, 0.25) is 5.02 Å². The Kier molecular flexibility index (Phi) is 5.28. The van der Waals surface area contributed by atoms with Crippen LogP contribution in [0.5, 0.6) is 0 Å². The molecule has 1 saturated carbocycles. The van der Waals surface area contributed by atoms with E-state index < -0.39 is 0 Å². The Morgan fingerprint density at radius 1 is 1.40 bits per heavy atom. The number of carbonyl (C=O) groups is 1. The van der Waals surface area contributed by atoms with Gasteiger partial charge in [-0.15, -0.1) is 0 Å². The third-order valence-corrected chi connectivity index (χ3v) is 3.55. The minimum atomic E-state index is -0.244. The molecule has 2 amide bonds. The van der Waals surface area contributed by atoms with Crippen molar-refractivity contribution in [2.75, 3.05) is 11.9 Å². The van der Waals surface area contributed by atoms with Gasteiger partial charge < -0.3 is 15.7 Å². The van der Waals surface area contributed by atoms with Crippen molar-refractivity contribution in [3.63, 3.8) is 0 Å². The van der Waals surface area contributed by atoms with E-state index in [-0.39, 0.29) is 18.7 Å². The van der Waals surface area contributed by atoms with Crippen molar-refractivity contribution < 1.29 is 9.90 Å². The van der Waals surface area contributed by atoms with Gasteiger partial charge in [0.25, 0.3) is 0 Å². The molecule has 1 aromatic rings. The van der Waals surface area contributed by atoms with Crippen molar-refractivity contribution >= 4 is 23.3 Å². The summed E-state index contributed by atoms with van der Waals surface area (Å²) in [7, 11) is 0. The number of urea groups is 1. The first-order valence-electron chi connectivity index (χ1n) is 6.66. The molecule has 1 aromatic carbocycles. The lowest BCUT2D eigenvalue weighted by Gasteiger charge is -2.13. The largest absolute Gasteiger partial charge is 0.384 e. The predicted octanol–water partition coefficient (Wildman–Crippen LogP) is 2.75. The van der Waals surface area contributed by atoms with Gasteiger partial charge in [-0.05, 0) is 31.0 Å². The Morgan fingerprint density at radius 3 is 2.85 bits per heavy atom. The van der Waals surface area contributed by atoms with Gasteiger partial charge in [0.2, 0.25) is 0 Å². The molecule has 2 rings (SSSR count). The van der Waals surface area contributed by atoms with Crippen molar-refractivity contribution in [1.29, 1.82) is 0 Å². The zero-order valence-corrected chi connectivity index (χ0v) is 11.8. The quantitative estimate of drug-likeness (QED) is 0.734. The van der Waals surface area contributed by atoms with Crippen molar-refractivity contribution in [1.82, 2.24) is 5.32 Å². The first kappa shape index (κ1) is 14.7. The lowest BCUT2D eigenvalue weighted by Crippen LogP contribution is -2.36. The first-order valence-corrected chi connectivity index (χ1v) is 7.03. The van der Waals surface area contributed by atoms with Gasteiger partial charge in [0.1, 0.15) is 6.61 Å². The molecule has 0 aliphatic heterocycles. The number of carbonyl (C=O) groups excluding carboxylic acids is 1. The third-order valence-electron chi connectivity index (χ3n) is 3.22. The number of rotatable bonds is 2. The van der Waals surface area contributed by atoms with Gasteiger partial charge in [-0.2, -0.15) is 0 Å². The highest BCUT2D eigenvalue weighted by molar-refractivity contribution is 6.33. The van der Waals surface area contributed by atoms with Crippen LogP contribution in [-0.4, -0.2) is 23.8 Å². The fraction of sp³-hybridized carbons (Fsp3) is 0.400. The van der Waals surface area contributed by atoms with Crippen LogP contribution in [-0.2, 0) is 0 Å². The number of benzene rings is 1. The summed E-state index contributed by atoms with van der Waals surface area (Å²) in [5, 5.41) is 14.8. The molecule has 0 aromatic heterocycles. The summed E-state index contributed by atoms with van der Waals surface area (Å²) in [6, 6.07) is 5.12. The van der Waals surface area contributed by atoms with E-state index in [0.29, 0.717) is 16.3 Å². The minimum absolute atomic E-state index is 0.201. The lowest BCUT2D eigenvalue weighted by atomic mass is 10.2. The highest BCUT2D eigenvalue weighted by Crippen LogP contribution is 2.23. The molecule has 4 nitrogen and oxygen atoms in total. The summed E-state index contributed by atoms with van der Waals surface area (Å²) in [4.78, 5) is 11.9. The number of hydrogen-bond donors (Lipinski definition) is 3. The third kappa shape index (κ3) is 4.16. The van der Waals surface area contributed by atoms with Crippen molar-refractivity contribution in [2.45, 2.75) is 31.7 Å². The zero-order chi connectivity index (χ0) is 14.4. The van der Waals surface area contributed by atoms with Gasteiger partial charge in [0, 0.05) is 11.6 Å². The van der Waals surface area contributed by atoms with Crippen LogP contribution < -0.4 is 10.6 Å². The smallest absolute Gasteiger partial charge is 0.319 e. The molecule has 1 aliphatic carbocycles. The van der Waals surface area contributed by atoms with E-state index in [1.165, 1.54) is 0 Å². The number of nitrogens with one attached hydrogen (secondary N) is 2. The normalized spacial score (nSPS) is 14.5. The van der Waals surface area contributed by atoms with Crippen LogP contribution in [0.3, 0.4) is 0 Å². The Morgan fingerprint density at radius 2 is 2.15 bits per heavy atom. The first-order chi connectivity index (χ1) is 9.69. The Bertz CT molecular complexity index is 543. The van der Waals surface area contributed by atoms with E-state index in [2.05, 4.69) is 22.5 Å². The SMILES string of the molecule is O=C(Nc1cc(C#CCO)ccc1Cl)NC1CCCC1. The molecule has 0 bridgehead atoms. The second kappa shape index (κ2) is 7.18. The van der Waals surface area contributed by atoms with Gasteiger partial charge in [0.15, 0.2) is 0 Å². The summed E-state index contributed by atoms with van der Waals surface area (Å²) >= 11 is 6.05. The van der Waals surface area contributed by atoms with E-state index in [1.54, 1.807) is 18.2 Å². The van der Waals surface area contributed by atoms with E-state index >= 15 is 0 Å². The molecular formula is C15H17ClN2O2. The lowest BCUT2D eigenvalue weighted by molar-refractivity contribution is 0.248. The van der Waals surface area contributed by atoms with Crippen LogP contribution in [0.25, 0.3) is 0 Å². The second-order valence-corrected chi connectivity index (χ2v) is 5.14. The molecule has 0 radical (unpaired) electrons. The number of hydrogen-bond acceptors (Lipinski definition) is 2. The highest BCUT2D eigenvalue weighted by Gasteiger charge is 2.17. The van der Waals surface area contributed by atoms with Crippen LogP contribution in [0, 0.1) is 11.8 Å². The topological polar surface area (TPSA) is 61.4 Å². The maximum atomic E-state index is 11.9. The number of amides is 2. The van der Waals surface area contributed by atoms with E-state index in [9.17, 15) is 4.79 Å². The summed E-state index contributed by atoms with van der Waals surface area (Å²) in [5.74, 6) is 5.34. The number of aliphatic hydroxyl groups excluding tert-OH is 1. The van der Waals surface area contributed by atoms with E-state index in [0.717, 1.165) is 25.7 Å². The molecule has 0 saturated heterocycles. The molecule has 1 aliphatic rings. The Hall–Kier alpha value is -1.70. The van der Waals surface area contributed by atoms with Gasteiger partial charge in [0.05, 0.1) is 10.7 Å². The van der Waals surface area contributed by atoms with Gasteiger partial charge in [-0.1, -0.05) is 36.3 Å². The molecule has 1 fully saturated rings. The minimum Gasteiger partial charge on any atom is -0.384 e. The molecular weight excluding hydrogens is 276 g/mol. The fourth-order valence-electron chi connectivity index (χ4n) is 2.25. The van der Waals surface area contributed by atoms with Gasteiger partial charge >= 0.3 is 6.03 Å². The summed E-state index contributed by atoms with van der Waals surface area (Å²) in [5.41, 5.74) is 1.21. The molecule has 20 heavy (non-hydrogen) atoms. The van der Waals surface area contributed by atoms with Crippen molar-refractivity contribution in [3.8, 4) is 11.8 Å². The fourth-order valence-corrected chi connectivity index (χ4v) is 2.42. The molecule has 0 heterocycles. The maximum absolute atomic E-state index is 11.9. The average molecular weight is 293 g/mol. The van der Waals surface area contributed by atoms with Crippen molar-refractivity contribution in [2.24, 2.45) is 0 Å². The predicted molar refractivity (Wildman–Crippen MR) is 79.8 cm³/mol. The molecule has 5 heteroatoms. The molecule has 0 spiro atoms. The Balaban J connectivity index is 2.01. The van der Waals surface area contributed by atoms with Gasteiger partial charge in [-0.25, -0.2) is 4.79 Å². The van der Waals surface area contributed by atoms with Crippen LogP contribution >= 0.6 is 11.6 Å². The zero-order valence-electron chi connectivity index (χ0n) is 11.1. The summed E-state index contributed by atoms with van der Waals surface area (Å²) in [6.07, 6.45) is 4.39. The Labute approximate surface area is 123 Å². The summed E-state index contributed by atoms with van der Waals surface area (Å²) < 4.78 is 0. The number of halogens is 1. The van der Waals surface area contributed by atoms with E-state index in [1.807, 2.05) is 0 Å². The number of anilines is 1. The van der Waals surface area contributed by atoms with Crippen LogP contribution in [0.15, 0.2) is 18.2 Å². The monoisotopic (exact) mass is 292 g/mol. The second-order valence-electron chi connectivity index (χ2n) is 4.73. The molecule has 106 valence electrons. The van der Waals surface area contributed by atoms with Crippen LogP contribution in [0.4, 0.5) is 10.5 Å². The molecule has 0 atom stereocenters. The average Bonchev–Trinajstić information content (AvgIpc) is 2.92. The summed E-state index contributed by atoms with van der Waals surface area (Å²) in [6.45, 7) is -0.201. The molecule has 0 unspecified atom stereocenters. The maximum Gasteiger partial charge on any atom is 0.319 e. The van der Waals surface area contributed by atoms with Crippen LogP contribution in [0.1, 0.15) is 31.2 Å². The highest BCUT2D eigenvalue weighted by atomic mass is 35.5. The number of aliphatic hydroxyl groups is 1. The molecule has 3 N–H and O–H groups in total. The van der Waals surface area contributed by atoms with Gasteiger partial charge in [-0.3, -0.25) is 0 Å². The van der Waals surface area contributed by atoms with Crippen molar-refractivity contribution in [3.05, 3.63) is 28.8 Å². The van der Waals surface area contributed by atoms with E-state index in [4.69, 9.17) is 16.7 Å². The standard InChI is InChI=1S/C15H17ClN2O2/c16-13-8-7-11(4-3-9-19)10-14(13)18-15(20)17-12-5-1-2-6-12/h7-8,10,12,19H,1-2,5-6,9H2,(H2,17,18,20).